The SMILES string of the molecule is C=C1CC[C@@H](C(C)(C)O[C@H]2OC[C@@H](OC(C)=O)[C@@H](OC(C)=O)[C@@H]2O)C[C@H]2[C@@H](C)CC[C@@H]12. The number of aliphatic hydroxyl groups is 1. The monoisotopic (exact) mass is 438 g/mol. The van der Waals surface area contributed by atoms with Gasteiger partial charge in [-0.15, -0.1) is 0 Å². The van der Waals surface area contributed by atoms with Gasteiger partial charge >= 0.3 is 11.9 Å². The summed E-state index contributed by atoms with van der Waals surface area (Å²) in [6.07, 6.45) is 1.35. The number of aliphatic hydroxyl groups excluding tert-OH is 1. The Morgan fingerprint density at radius 1 is 1.13 bits per heavy atom. The molecule has 1 heterocycles. The van der Waals surface area contributed by atoms with Crippen LogP contribution in [0, 0.1) is 23.7 Å². The molecule has 7 heteroatoms. The molecule has 3 fully saturated rings. The van der Waals surface area contributed by atoms with Gasteiger partial charge in [0.1, 0.15) is 6.10 Å². The standard InChI is InChI=1S/C24H38O7/c1-13-7-9-17(11-19-14(2)8-10-18(13)19)24(5,6)31-23-21(27)22(30-16(4)26)20(12-28-23)29-15(3)25/h14,17-23,27H,1,7-12H2,2-6H3/t14-,17+,18-,19-,20+,21-,22+,23+/m0/s1. The maximum absolute atomic E-state index is 11.6. The number of rotatable bonds is 5. The zero-order valence-electron chi connectivity index (χ0n) is 19.5. The molecule has 0 bridgehead atoms. The van der Waals surface area contributed by atoms with Gasteiger partial charge in [-0.25, -0.2) is 0 Å². The molecule has 31 heavy (non-hydrogen) atoms. The van der Waals surface area contributed by atoms with Crippen molar-refractivity contribution in [2.75, 3.05) is 6.61 Å². The fourth-order valence-corrected chi connectivity index (χ4v) is 5.70. The lowest BCUT2D eigenvalue weighted by Crippen LogP contribution is -2.58. The van der Waals surface area contributed by atoms with Gasteiger partial charge in [-0.05, 0) is 69.6 Å². The van der Waals surface area contributed by atoms with Crippen LogP contribution in [0.25, 0.3) is 0 Å². The van der Waals surface area contributed by atoms with E-state index in [0.717, 1.165) is 19.3 Å². The summed E-state index contributed by atoms with van der Waals surface area (Å²) < 4.78 is 22.5. The van der Waals surface area contributed by atoms with Crippen LogP contribution in [0.3, 0.4) is 0 Å². The van der Waals surface area contributed by atoms with Crippen molar-refractivity contribution in [2.24, 2.45) is 23.7 Å². The van der Waals surface area contributed by atoms with Gasteiger partial charge in [-0.3, -0.25) is 9.59 Å². The maximum atomic E-state index is 11.6. The molecule has 176 valence electrons. The molecule has 8 atom stereocenters. The Hall–Kier alpha value is -1.44. The van der Waals surface area contributed by atoms with Gasteiger partial charge in [-0.2, -0.15) is 0 Å². The van der Waals surface area contributed by atoms with E-state index in [0.29, 0.717) is 17.8 Å². The molecule has 7 nitrogen and oxygen atoms in total. The molecular formula is C24H38O7. The van der Waals surface area contributed by atoms with Crippen LogP contribution in [0.2, 0.25) is 0 Å². The van der Waals surface area contributed by atoms with E-state index < -0.39 is 42.1 Å². The summed E-state index contributed by atoms with van der Waals surface area (Å²) in [5.74, 6) is 1.08. The molecule has 0 spiro atoms. The lowest BCUT2D eigenvalue weighted by atomic mass is 9.77. The van der Waals surface area contributed by atoms with Crippen molar-refractivity contribution in [2.45, 2.75) is 96.9 Å². The lowest BCUT2D eigenvalue weighted by Gasteiger charge is -2.44. The summed E-state index contributed by atoms with van der Waals surface area (Å²) in [7, 11) is 0. The van der Waals surface area contributed by atoms with Gasteiger partial charge in [0.25, 0.3) is 0 Å². The van der Waals surface area contributed by atoms with Gasteiger partial charge in [0.05, 0.1) is 12.2 Å². The molecule has 1 saturated heterocycles. The zero-order valence-corrected chi connectivity index (χ0v) is 19.5. The molecule has 3 aliphatic rings. The summed E-state index contributed by atoms with van der Waals surface area (Å²) in [6.45, 7) is 13.3. The Morgan fingerprint density at radius 3 is 2.45 bits per heavy atom. The van der Waals surface area contributed by atoms with E-state index in [9.17, 15) is 14.7 Å². The maximum Gasteiger partial charge on any atom is 0.303 e. The average molecular weight is 439 g/mol. The summed E-state index contributed by atoms with van der Waals surface area (Å²) in [5, 5.41) is 10.9. The molecule has 0 unspecified atom stereocenters. The lowest BCUT2D eigenvalue weighted by molar-refractivity contribution is -0.307. The molecule has 0 amide bonds. The predicted molar refractivity (Wildman–Crippen MR) is 114 cm³/mol. The summed E-state index contributed by atoms with van der Waals surface area (Å²) >= 11 is 0. The minimum absolute atomic E-state index is 0.0153. The van der Waals surface area contributed by atoms with Crippen LogP contribution >= 0.6 is 0 Å². The van der Waals surface area contributed by atoms with Crippen LogP contribution in [-0.4, -0.2) is 53.9 Å². The van der Waals surface area contributed by atoms with Crippen molar-refractivity contribution < 1.29 is 33.6 Å². The summed E-state index contributed by atoms with van der Waals surface area (Å²) in [5.41, 5.74) is 0.804. The molecule has 0 radical (unpaired) electrons. The molecule has 2 aliphatic carbocycles. The van der Waals surface area contributed by atoms with E-state index in [1.807, 2.05) is 13.8 Å². The number of hydrogen-bond acceptors (Lipinski definition) is 7. The largest absolute Gasteiger partial charge is 0.456 e. The van der Waals surface area contributed by atoms with Gasteiger partial charge < -0.3 is 24.1 Å². The van der Waals surface area contributed by atoms with E-state index in [1.54, 1.807) is 0 Å². The van der Waals surface area contributed by atoms with Gasteiger partial charge in [0.15, 0.2) is 18.5 Å². The van der Waals surface area contributed by atoms with Crippen LogP contribution in [0.15, 0.2) is 12.2 Å². The first-order valence-electron chi connectivity index (χ1n) is 11.5. The Labute approximate surface area is 185 Å². The molecule has 0 aromatic rings. The third-order valence-corrected chi connectivity index (χ3v) is 7.50. The van der Waals surface area contributed by atoms with Gasteiger partial charge in [-0.1, -0.05) is 19.1 Å². The van der Waals surface area contributed by atoms with E-state index in [1.165, 1.54) is 32.3 Å². The molecule has 0 aromatic heterocycles. The second-order valence-electron chi connectivity index (χ2n) is 10.1. The van der Waals surface area contributed by atoms with E-state index >= 15 is 0 Å². The zero-order chi connectivity index (χ0) is 22.9. The molecule has 3 rings (SSSR count). The average Bonchev–Trinajstić information content (AvgIpc) is 2.93. The predicted octanol–water partition coefficient (Wildman–Crippen LogP) is 3.38. The highest BCUT2D eigenvalue weighted by molar-refractivity contribution is 5.67. The van der Waals surface area contributed by atoms with Crippen molar-refractivity contribution >= 4 is 11.9 Å². The number of fused-ring (bicyclic) bond motifs is 1. The quantitative estimate of drug-likeness (QED) is 0.520. The highest BCUT2D eigenvalue weighted by atomic mass is 16.7. The number of carbonyl (C=O) groups is 2. The van der Waals surface area contributed by atoms with E-state index in [2.05, 4.69) is 13.5 Å². The Balaban J connectivity index is 1.71. The van der Waals surface area contributed by atoms with Crippen LogP contribution in [0.1, 0.15) is 66.7 Å². The number of esters is 2. The van der Waals surface area contributed by atoms with Crippen LogP contribution in [0.5, 0.6) is 0 Å². The molecular weight excluding hydrogens is 400 g/mol. The Bertz CT molecular complexity index is 687. The molecule has 1 N–H and O–H groups in total. The highest BCUT2D eigenvalue weighted by Crippen LogP contribution is 2.50. The number of hydrogen-bond donors (Lipinski definition) is 1. The number of ether oxygens (including phenoxy) is 4. The summed E-state index contributed by atoms with van der Waals surface area (Å²) in [4.78, 5) is 23.0. The van der Waals surface area contributed by atoms with E-state index in [4.69, 9.17) is 18.9 Å². The van der Waals surface area contributed by atoms with Crippen molar-refractivity contribution in [1.29, 1.82) is 0 Å². The first-order chi connectivity index (χ1) is 14.5. The van der Waals surface area contributed by atoms with Crippen molar-refractivity contribution in [3.8, 4) is 0 Å². The fourth-order valence-electron chi connectivity index (χ4n) is 5.70. The van der Waals surface area contributed by atoms with Gasteiger partial charge in [0.2, 0.25) is 0 Å². The van der Waals surface area contributed by atoms with Crippen LogP contribution < -0.4 is 0 Å². The van der Waals surface area contributed by atoms with Crippen LogP contribution in [-0.2, 0) is 28.5 Å². The van der Waals surface area contributed by atoms with E-state index in [-0.39, 0.29) is 12.5 Å². The highest BCUT2D eigenvalue weighted by Gasteiger charge is 2.48. The number of allylic oxidation sites excluding steroid dienone is 1. The first-order valence-corrected chi connectivity index (χ1v) is 11.5. The first kappa shape index (κ1) is 24.2. The number of carbonyl (C=O) groups excluding carboxylic acids is 2. The van der Waals surface area contributed by atoms with Crippen molar-refractivity contribution in [1.82, 2.24) is 0 Å². The summed E-state index contributed by atoms with van der Waals surface area (Å²) in [6, 6.07) is 0. The Kier molecular flexibility index (Phi) is 7.49. The second kappa shape index (κ2) is 9.59. The topological polar surface area (TPSA) is 91.3 Å². The third kappa shape index (κ3) is 5.49. The molecule has 1 aliphatic heterocycles. The van der Waals surface area contributed by atoms with Crippen molar-refractivity contribution in [3.05, 3.63) is 12.2 Å². The molecule has 2 saturated carbocycles. The minimum atomic E-state index is -1.26. The third-order valence-electron chi connectivity index (χ3n) is 7.50. The fraction of sp³-hybridized carbons (Fsp3) is 0.833. The second-order valence-corrected chi connectivity index (χ2v) is 10.1. The Morgan fingerprint density at radius 2 is 1.81 bits per heavy atom. The smallest absolute Gasteiger partial charge is 0.303 e. The van der Waals surface area contributed by atoms with Crippen molar-refractivity contribution in [3.63, 3.8) is 0 Å². The normalized spacial score (nSPS) is 38.8. The van der Waals surface area contributed by atoms with Gasteiger partial charge in [0, 0.05) is 13.8 Å². The van der Waals surface area contributed by atoms with Crippen LogP contribution in [0.4, 0.5) is 0 Å². The minimum Gasteiger partial charge on any atom is -0.456 e. The molecule has 0 aromatic carbocycles.